The molecule has 0 aliphatic carbocycles. The molecular weight excluding hydrogens is 160 g/mol. The van der Waals surface area contributed by atoms with Crippen molar-refractivity contribution in [3.8, 4) is 0 Å². The molecule has 3 atom stereocenters. The second kappa shape index (κ2) is 2.69. The maximum Gasteiger partial charge on any atom is 0.509 e. The second-order valence-electron chi connectivity index (χ2n) is 2.83. The Morgan fingerprint density at radius 1 is 1.50 bits per heavy atom. The van der Waals surface area contributed by atoms with Crippen molar-refractivity contribution < 1.29 is 19.0 Å². The lowest BCUT2D eigenvalue weighted by atomic mass is 10.0. The molecule has 0 aromatic carbocycles. The molecule has 0 N–H and O–H groups in total. The topological polar surface area (TPSA) is 44.8 Å². The Balaban J connectivity index is 2.15. The molecular formula is C8H10O4. The van der Waals surface area contributed by atoms with Crippen LogP contribution >= 0.6 is 0 Å². The Morgan fingerprint density at radius 2 is 2.33 bits per heavy atom. The minimum atomic E-state index is -0.599. The van der Waals surface area contributed by atoms with Crippen LogP contribution in [0.5, 0.6) is 0 Å². The fourth-order valence-electron chi connectivity index (χ4n) is 1.45. The van der Waals surface area contributed by atoms with E-state index >= 15 is 0 Å². The molecule has 2 heterocycles. The monoisotopic (exact) mass is 170 g/mol. The third-order valence-corrected chi connectivity index (χ3v) is 2.08. The molecule has 2 rings (SSSR count). The second-order valence-corrected chi connectivity index (χ2v) is 2.83. The van der Waals surface area contributed by atoms with Gasteiger partial charge in [0, 0.05) is 0 Å². The lowest BCUT2D eigenvalue weighted by Crippen LogP contribution is -2.37. The molecule has 1 saturated heterocycles. The van der Waals surface area contributed by atoms with Crippen molar-refractivity contribution in [2.75, 3.05) is 0 Å². The Bertz CT molecular complexity index is 223. The van der Waals surface area contributed by atoms with Gasteiger partial charge in [0.25, 0.3) is 0 Å². The summed E-state index contributed by atoms with van der Waals surface area (Å²) in [4.78, 5) is 10.7. The predicted molar refractivity (Wildman–Crippen MR) is 39.4 cm³/mol. The molecule has 0 saturated carbocycles. The van der Waals surface area contributed by atoms with Gasteiger partial charge in [0.2, 0.25) is 0 Å². The van der Waals surface area contributed by atoms with Crippen LogP contribution in [0.3, 0.4) is 0 Å². The van der Waals surface area contributed by atoms with Crippen molar-refractivity contribution in [3.05, 3.63) is 12.3 Å². The lowest BCUT2D eigenvalue weighted by Gasteiger charge is -2.25. The van der Waals surface area contributed by atoms with E-state index in [-0.39, 0.29) is 18.3 Å². The van der Waals surface area contributed by atoms with Gasteiger partial charge < -0.3 is 14.2 Å². The molecule has 12 heavy (non-hydrogen) atoms. The number of rotatable bonds is 1. The van der Waals surface area contributed by atoms with Gasteiger partial charge in [0.15, 0.2) is 12.2 Å². The number of carbonyl (C=O) groups excluding carboxylic acids is 1. The first kappa shape index (κ1) is 7.46. The van der Waals surface area contributed by atoms with Crippen LogP contribution in [0.1, 0.15) is 13.3 Å². The van der Waals surface area contributed by atoms with Crippen LogP contribution in [0.25, 0.3) is 0 Å². The van der Waals surface area contributed by atoms with E-state index in [9.17, 15) is 4.79 Å². The van der Waals surface area contributed by atoms with E-state index in [4.69, 9.17) is 14.2 Å². The highest BCUT2D eigenvalue weighted by atomic mass is 16.8. The minimum Gasteiger partial charge on any atom is -0.494 e. The van der Waals surface area contributed by atoms with E-state index in [0.717, 1.165) is 6.42 Å². The highest BCUT2D eigenvalue weighted by Gasteiger charge is 2.42. The predicted octanol–water partition coefficient (Wildman–Crippen LogP) is 1.21. The molecule has 4 nitrogen and oxygen atoms in total. The van der Waals surface area contributed by atoms with E-state index in [1.54, 1.807) is 12.3 Å². The molecule has 3 unspecified atom stereocenters. The van der Waals surface area contributed by atoms with Crippen molar-refractivity contribution in [3.63, 3.8) is 0 Å². The Kier molecular flexibility index (Phi) is 1.67. The van der Waals surface area contributed by atoms with Gasteiger partial charge in [0.1, 0.15) is 6.10 Å². The van der Waals surface area contributed by atoms with E-state index in [2.05, 4.69) is 0 Å². The lowest BCUT2D eigenvalue weighted by molar-refractivity contribution is -0.00336. The average Bonchev–Trinajstić information content (AvgIpc) is 2.44. The summed E-state index contributed by atoms with van der Waals surface area (Å²) >= 11 is 0. The van der Waals surface area contributed by atoms with Gasteiger partial charge in [-0.25, -0.2) is 4.79 Å². The van der Waals surface area contributed by atoms with Crippen LogP contribution in [-0.2, 0) is 14.2 Å². The number of fused-ring (bicyclic) bond motifs is 1. The zero-order valence-electron chi connectivity index (χ0n) is 6.73. The maximum absolute atomic E-state index is 10.7. The summed E-state index contributed by atoms with van der Waals surface area (Å²) < 4.78 is 15.1. The highest BCUT2D eigenvalue weighted by molar-refractivity contribution is 5.63. The summed E-state index contributed by atoms with van der Waals surface area (Å²) in [6, 6.07) is 0. The van der Waals surface area contributed by atoms with Crippen LogP contribution in [0, 0.1) is 0 Å². The van der Waals surface area contributed by atoms with Gasteiger partial charge in [0.05, 0.1) is 6.26 Å². The molecule has 0 aromatic heterocycles. The Morgan fingerprint density at radius 3 is 3.08 bits per heavy atom. The molecule has 0 spiro atoms. The number of hydrogen-bond acceptors (Lipinski definition) is 4. The van der Waals surface area contributed by atoms with E-state index < -0.39 is 6.16 Å². The summed E-state index contributed by atoms with van der Waals surface area (Å²) in [6.07, 6.45) is 2.90. The van der Waals surface area contributed by atoms with E-state index in [1.165, 1.54) is 0 Å². The molecule has 4 heteroatoms. The standard InChI is InChI=1S/C8H10O4/c1-2-5-7-6(3-4-10-5)11-8(9)12-7/h3-7H,2H2,1H3. The number of carbonyl (C=O) groups is 1. The molecule has 2 aliphatic heterocycles. The van der Waals surface area contributed by atoms with E-state index in [1.807, 2.05) is 6.92 Å². The van der Waals surface area contributed by atoms with Crippen LogP contribution < -0.4 is 0 Å². The molecule has 0 radical (unpaired) electrons. The molecule has 1 fully saturated rings. The zero-order chi connectivity index (χ0) is 8.55. The summed E-state index contributed by atoms with van der Waals surface area (Å²) in [6.45, 7) is 1.98. The van der Waals surface area contributed by atoms with Crippen molar-refractivity contribution in [1.82, 2.24) is 0 Å². The number of hydrogen-bond donors (Lipinski definition) is 0. The van der Waals surface area contributed by atoms with Crippen LogP contribution in [-0.4, -0.2) is 24.5 Å². The Hall–Kier alpha value is -1.19. The van der Waals surface area contributed by atoms with Crippen molar-refractivity contribution >= 4 is 6.16 Å². The summed E-state index contributed by atoms with van der Waals surface area (Å²) in [7, 11) is 0. The van der Waals surface area contributed by atoms with Gasteiger partial charge in [-0.05, 0) is 12.5 Å². The first-order valence-corrected chi connectivity index (χ1v) is 4.00. The first-order chi connectivity index (χ1) is 5.81. The fraction of sp³-hybridized carbons (Fsp3) is 0.625. The van der Waals surface area contributed by atoms with Gasteiger partial charge in [-0.2, -0.15) is 0 Å². The molecule has 2 aliphatic rings. The Labute approximate surface area is 70.1 Å². The van der Waals surface area contributed by atoms with Crippen LogP contribution in [0.4, 0.5) is 4.79 Å². The SMILES string of the molecule is CCC1OC=CC2OC(=O)OC21. The first-order valence-electron chi connectivity index (χ1n) is 4.00. The van der Waals surface area contributed by atoms with Crippen molar-refractivity contribution in [1.29, 1.82) is 0 Å². The number of ether oxygens (including phenoxy) is 3. The third kappa shape index (κ3) is 1.03. The van der Waals surface area contributed by atoms with Crippen molar-refractivity contribution in [2.24, 2.45) is 0 Å². The van der Waals surface area contributed by atoms with Crippen LogP contribution in [0.2, 0.25) is 0 Å². The van der Waals surface area contributed by atoms with Gasteiger partial charge in [-0.1, -0.05) is 6.92 Å². The molecule has 0 aromatic rings. The van der Waals surface area contributed by atoms with Gasteiger partial charge in [-0.3, -0.25) is 0 Å². The quantitative estimate of drug-likeness (QED) is 0.555. The minimum absolute atomic E-state index is 0.0635. The van der Waals surface area contributed by atoms with Gasteiger partial charge in [-0.15, -0.1) is 0 Å². The van der Waals surface area contributed by atoms with Crippen LogP contribution in [0.15, 0.2) is 12.3 Å². The summed E-state index contributed by atoms with van der Waals surface area (Å²) in [5.74, 6) is 0. The highest BCUT2D eigenvalue weighted by Crippen LogP contribution is 2.26. The van der Waals surface area contributed by atoms with Gasteiger partial charge >= 0.3 is 6.16 Å². The summed E-state index contributed by atoms with van der Waals surface area (Å²) in [5.41, 5.74) is 0. The fourth-order valence-corrected chi connectivity index (χ4v) is 1.45. The third-order valence-electron chi connectivity index (χ3n) is 2.08. The molecule has 0 amide bonds. The van der Waals surface area contributed by atoms with E-state index in [0.29, 0.717) is 0 Å². The van der Waals surface area contributed by atoms with Crippen molar-refractivity contribution in [2.45, 2.75) is 31.7 Å². The smallest absolute Gasteiger partial charge is 0.494 e. The molecule has 66 valence electrons. The average molecular weight is 170 g/mol. The molecule has 0 bridgehead atoms. The largest absolute Gasteiger partial charge is 0.509 e. The normalized spacial score (nSPS) is 38.1. The summed E-state index contributed by atoms with van der Waals surface area (Å²) in [5, 5.41) is 0. The maximum atomic E-state index is 10.7. The zero-order valence-corrected chi connectivity index (χ0v) is 6.73.